The number of nitrogens with zero attached hydrogens (tertiary/aromatic N) is 2. The number of piperidine rings is 1. The van der Waals surface area contributed by atoms with Crippen molar-refractivity contribution in [1.29, 1.82) is 0 Å². The van der Waals surface area contributed by atoms with Crippen LogP contribution in [0.3, 0.4) is 0 Å². The second-order valence-corrected chi connectivity index (χ2v) is 5.36. The summed E-state index contributed by atoms with van der Waals surface area (Å²) in [5.74, 6) is 0.623. The lowest BCUT2D eigenvalue weighted by molar-refractivity contribution is -0.385. The summed E-state index contributed by atoms with van der Waals surface area (Å²) in [4.78, 5) is 12.9. The van der Waals surface area contributed by atoms with Crippen molar-refractivity contribution in [3.63, 3.8) is 0 Å². The molecular weight excluding hydrogens is 242 g/mol. The lowest BCUT2D eigenvalue weighted by atomic mass is 9.98. The normalized spacial score (nSPS) is 20.2. The van der Waals surface area contributed by atoms with Gasteiger partial charge in [0.25, 0.3) is 5.69 Å². The third-order valence-electron chi connectivity index (χ3n) is 3.81. The third kappa shape index (κ3) is 3.44. The lowest BCUT2D eigenvalue weighted by Gasteiger charge is -2.30. The SMILES string of the molecule is Cc1c(NCC2CCCN(C)C2)cccc1[N+](=O)[O-]. The van der Waals surface area contributed by atoms with Crippen LogP contribution >= 0.6 is 0 Å². The third-order valence-corrected chi connectivity index (χ3v) is 3.81. The van der Waals surface area contributed by atoms with Crippen LogP contribution in [0.25, 0.3) is 0 Å². The molecule has 2 rings (SSSR count). The van der Waals surface area contributed by atoms with Gasteiger partial charge in [-0.1, -0.05) is 6.07 Å². The Hall–Kier alpha value is -1.62. The summed E-state index contributed by atoms with van der Waals surface area (Å²) in [5.41, 5.74) is 1.78. The first-order valence-electron chi connectivity index (χ1n) is 6.74. The molecule has 5 nitrogen and oxygen atoms in total. The highest BCUT2D eigenvalue weighted by atomic mass is 16.6. The van der Waals surface area contributed by atoms with Crippen LogP contribution in [0.4, 0.5) is 11.4 Å². The van der Waals surface area contributed by atoms with Crippen molar-refractivity contribution >= 4 is 11.4 Å². The van der Waals surface area contributed by atoms with Crippen LogP contribution < -0.4 is 5.32 Å². The zero-order chi connectivity index (χ0) is 13.8. The summed E-state index contributed by atoms with van der Waals surface area (Å²) in [6.45, 7) is 4.95. The molecule has 1 aliphatic heterocycles. The highest BCUT2D eigenvalue weighted by Gasteiger charge is 2.18. The molecule has 0 amide bonds. The number of nitro groups is 1. The van der Waals surface area contributed by atoms with E-state index in [9.17, 15) is 10.1 Å². The van der Waals surface area contributed by atoms with Gasteiger partial charge in [0.15, 0.2) is 0 Å². The van der Waals surface area contributed by atoms with Crippen LogP contribution in [0.1, 0.15) is 18.4 Å². The Labute approximate surface area is 113 Å². The van der Waals surface area contributed by atoms with E-state index in [0.717, 1.165) is 24.3 Å². The largest absolute Gasteiger partial charge is 0.384 e. The van der Waals surface area contributed by atoms with Gasteiger partial charge in [-0.25, -0.2) is 0 Å². The molecule has 104 valence electrons. The summed E-state index contributed by atoms with van der Waals surface area (Å²) in [6.07, 6.45) is 2.46. The van der Waals surface area contributed by atoms with E-state index in [2.05, 4.69) is 17.3 Å². The van der Waals surface area contributed by atoms with Gasteiger partial charge < -0.3 is 10.2 Å². The van der Waals surface area contributed by atoms with E-state index in [1.165, 1.54) is 19.4 Å². The van der Waals surface area contributed by atoms with Crippen molar-refractivity contribution < 1.29 is 4.92 Å². The molecule has 1 aromatic carbocycles. The fourth-order valence-corrected chi connectivity index (χ4v) is 2.71. The van der Waals surface area contributed by atoms with Crippen LogP contribution in [-0.4, -0.2) is 36.5 Å². The van der Waals surface area contributed by atoms with E-state index in [0.29, 0.717) is 5.92 Å². The average molecular weight is 263 g/mol. The van der Waals surface area contributed by atoms with Gasteiger partial charge in [-0.05, 0) is 45.3 Å². The fraction of sp³-hybridized carbons (Fsp3) is 0.571. The maximum absolute atomic E-state index is 10.9. The number of likely N-dealkylation sites (tertiary alicyclic amines) is 1. The Morgan fingerprint density at radius 2 is 2.32 bits per heavy atom. The quantitative estimate of drug-likeness (QED) is 0.670. The van der Waals surface area contributed by atoms with Gasteiger partial charge in [0.2, 0.25) is 0 Å². The minimum absolute atomic E-state index is 0.186. The number of hydrogen-bond donors (Lipinski definition) is 1. The second-order valence-electron chi connectivity index (χ2n) is 5.36. The Morgan fingerprint density at radius 3 is 3.00 bits per heavy atom. The first-order chi connectivity index (χ1) is 9.08. The van der Waals surface area contributed by atoms with Crippen molar-refractivity contribution in [3.05, 3.63) is 33.9 Å². The Balaban J connectivity index is 1.99. The van der Waals surface area contributed by atoms with Crippen LogP contribution in [-0.2, 0) is 0 Å². The molecule has 0 spiro atoms. The number of benzene rings is 1. The zero-order valence-corrected chi connectivity index (χ0v) is 11.6. The summed E-state index contributed by atoms with van der Waals surface area (Å²) in [7, 11) is 2.14. The Morgan fingerprint density at radius 1 is 1.53 bits per heavy atom. The predicted octanol–water partition coefficient (Wildman–Crippen LogP) is 2.66. The summed E-state index contributed by atoms with van der Waals surface area (Å²) < 4.78 is 0. The molecule has 0 aliphatic carbocycles. The maximum Gasteiger partial charge on any atom is 0.274 e. The maximum atomic E-state index is 10.9. The molecular formula is C14H21N3O2. The molecule has 1 atom stereocenters. The van der Waals surface area contributed by atoms with E-state index in [1.807, 2.05) is 6.07 Å². The molecule has 0 aromatic heterocycles. The van der Waals surface area contributed by atoms with E-state index in [4.69, 9.17) is 0 Å². The van der Waals surface area contributed by atoms with Gasteiger partial charge in [0, 0.05) is 30.4 Å². The fourth-order valence-electron chi connectivity index (χ4n) is 2.71. The summed E-state index contributed by atoms with van der Waals surface area (Å²) in [5, 5.41) is 14.3. The second kappa shape index (κ2) is 6.02. The van der Waals surface area contributed by atoms with Crippen molar-refractivity contribution in [1.82, 2.24) is 4.90 Å². The van der Waals surface area contributed by atoms with Crippen molar-refractivity contribution in [3.8, 4) is 0 Å². The Bertz CT molecular complexity index is 462. The topological polar surface area (TPSA) is 58.4 Å². The number of anilines is 1. The van der Waals surface area contributed by atoms with E-state index in [-0.39, 0.29) is 10.6 Å². The molecule has 19 heavy (non-hydrogen) atoms. The predicted molar refractivity (Wildman–Crippen MR) is 76.5 cm³/mol. The van der Waals surface area contributed by atoms with E-state index >= 15 is 0 Å². The molecule has 1 unspecified atom stereocenters. The van der Waals surface area contributed by atoms with E-state index in [1.54, 1.807) is 19.1 Å². The van der Waals surface area contributed by atoms with E-state index < -0.39 is 0 Å². The molecule has 1 N–H and O–H groups in total. The average Bonchev–Trinajstić information content (AvgIpc) is 2.37. The number of rotatable bonds is 4. The van der Waals surface area contributed by atoms with Crippen LogP contribution in [0.15, 0.2) is 18.2 Å². The number of hydrogen-bond acceptors (Lipinski definition) is 4. The van der Waals surface area contributed by atoms with Gasteiger partial charge in [-0.3, -0.25) is 10.1 Å². The lowest BCUT2D eigenvalue weighted by Crippen LogP contribution is -2.35. The van der Waals surface area contributed by atoms with Crippen molar-refractivity contribution in [2.45, 2.75) is 19.8 Å². The zero-order valence-electron chi connectivity index (χ0n) is 11.6. The molecule has 1 heterocycles. The minimum atomic E-state index is -0.325. The molecule has 5 heteroatoms. The first kappa shape index (κ1) is 13.8. The number of nitro benzene ring substituents is 1. The molecule has 1 aromatic rings. The smallest absolute Gasteiger partial charge is 0.274 e. The van der Waals surface area contributed by atoms with Crippen LogP contribution in [0, 0.1) is 23.0 Å². The van der Waals surface area contributed by atoms with Gasteiger partial charge >= 0.3 is 0 Å². The van der Waals surface area contributed by atoms with Crippen LogP contribution in [0.5, 0.6) is 0 Å². The molecule has 1 saturated heterocycles. The van der Waals surface area contributed by atoms with Gasteiger partial charge in [-0.15, -0.1) is 0 Å². The molecule has 0 bridgehead atoms. The monoisotopic (exact) mass is 263 g/mol. The highest BCUT2D eigenvalue weighted by molar-refractivity contribution is 5.59. The Kier molecular flexibility index (Phi) is 4.37. The first-order valence-corrected chi connectivity index (χ1v) is 6.74. The molecule has 0 radical (unpaired) electrons. The number of nitrogens with one attached hydrogen (secondary N) is 1. The highest BCUT2D eigenvalue weighted by Crippen LogP contribution is 2.25. The van der Waals surface area contributed by atoms with Gasteiger partial charge in [0.05, 0.1) is 4.92 Å². The standard InChI is InChI=1S/C14H21N3O2/c1-11-13(6-3-7-14(11)17(18)19)15-9-12-5-4-8-16(2)10-12/h3,6-7,12,15H,4-5,8-10H2,1-2H3. The van der Waals surface area contributed by atoms with Crippen LogP contribution in [0.2, 0.25) is 0 Å². The van der Waals surface area contributed by atoms with Gasteiger partial charge in [0.1, 0.15) is 0 Å². The molecule has 1 aliphatic rings. The molecule has 1 fully saturated rings. The van der Waals surface area contributed by atoms with Crippen molar-refractivity contribution in [2.24, 2.45) is 5.92 Å². The molecule has 0 saturated carbocycles. The van der Waals surface area contributed by atoms with Crippen molar-refractivity contribution in [2.75, 3.05) is 32.0 Å². The van der Waals surface area contributed by atoms with Gasteiger partial charge in [-0.2, -0.15) is 0 Å². The summed E-state index contributed by atoms with van der Waals surface area (Å²) >= 11 is 0. The minimum Gasteiger partial charge on any atom is -0.384 e. The summed E-state index contributed by atoms with van der Waals surface area (Å²) in [6, 6.07) is 5.20.